The first-order valence-corrected chi connectivity index (χ1v) is 7.55. The smallest absolute Gasteiger partial charge is 0.305 e. The third kappa shape index (κ3) is 2.76. The summed E-state index contributed by atoms with van der Waals surface area (Å²) in [5, 5.41) is 12.4. The molecule has 5 nitrogen and oxygen atoms in total. The number of nitrogens with one attached hydrogen (secondary N) is 2. The second-order valence-electron chi connectivity index (χ2n) is 5.22. The Bertz CT molecular complexity index is 683. The van der Waals surface area contributed by atoms with Gasteiger partial charge in [0.15, 0.2) is 0 Å². The number of anilines is 1. The normalized spacial score (nSPS) is 22.9. The van der Waals surface area contributed by atoms with Gasteiger partial charge in [-0.3, -0.25) is 9.59 Å². The van der Waals surface area contributed by atoms with Crippen LogP contribution in [0.5, 0.6) is 0 Å². The molecule has 3 rings (SSSR count). The van der Waals surface area contributed by atoms with E-state index in [4.69, 9.17) is 0 Å². The van der Waals surface area contributed by atoms with Crippen molar-refractivity contribution >= 4 is 33.1 Å². The molecule has 6 heteroatoms. The van der Waals surface area contributed by atoms with E-state index in [2.05, 4.69) is 10.3 Å². The number of aromatic nitrogens is 1. The highest BCUT2D eigenvalue weighted by Crippen LogP contribution is 2.26. The molecule has 20 heavy (non-hydrogen) atoms. The lowest BCUT2D eigenvalue weighted by Crippen LogP contribution is -2.28. The van der Waals surface area contributed by atoms with E-state index in [1.807, 2.05) is 6.07 Å². The molecule has 1 aromatic heterocycles. The Hall–Kier alpha value is -1.66. The van der Waals surface area contributed by atoms with E-state index in [1.165, 1.54) is 0 Å². The van der Waals surface area contributed by atoms with Gasteiger partial charge in [0.05, 0.1) is 16.3 Å². The molecule has 0 saturated heterocycles. The van der Waals surface area contributed by atoms with Crippen molar-refractivity contribution in [3.63, 3.8) is 0 Å². The minimum atomic E-state index is -0.257. The maximum Gasteiger partial charge on any atom is 0.305 e. The molecule has 0 radical (unpaired) electrons. The lowest BCUT2D eigenvalue weighted by molar-refractivity contribution is -0.121. The van der Waals surface area contributed by atoms with Crippen LogP contribution in [0.4, 0.5) is 5.69 Å². The highest BCUT2D eigenvalue weighted by atomic mass is 32.1. The molecule has 3 N–H and O–H groups in total. The molecule has 0 aliphatic heterocycles. The Balaban J connectivity index is 1.72. The Morgan fingerprint density at radius 1 is 1.30 bits per heavy atom. The van der Waals surface area contributed by atoms with Crippen molar-refractivity contribution in [3.05, 3.63) is 27.9 Å². The minimum Gasteiger partial charge on any atom is -0.393 e. The van der Waals surface area contributed by atoms with Gasteiger partial charge >= 0.3 is 4.87 Å². The summed E-state index contributed by atoms with van der Waals surface area (Å²) in [7, 11) is 0. The van der Waals surface area contributed by atoms with Gasteiger partial charge in [-0.25, -0.2) is 0 Å². The summed E-state index contributed by atoms with van der Waals surface area (Å²) in [4.78, 5) is 26.0. The molecule has 0 atom stereocenters. The van der Waals surface area contributed by atoms with Gasteiger partial charge in [0, 0.05) is 11.6 Å². The number of aromatic amines is 1. The van der Waals surface area contributed by atoms with Crippen molar-refractivity contribution < 1.29 is 9.90 Å². The zero-order valence-electron chi connectivity index (χ0n) is 10.9. The van der Waals surface area contributed by atoms with Crippen molar-refractivity contribution in [2.75, 3.05) is 5.32 Å². The van der Waals surface area contributed by atoms with Gasteiger partial charge in [-0.15, -0.1) is 0 Å². The maximum atomic E-state index is 12.2. The van der Waals surface area contributed by atoms with E-state index in [-0.39, 0.29) is 22.8 Å². The zero-order valence-corrected chi connectivity index (χ0v) is 11.7. The minimum absolute atomic E-state index is 0.000803. The molecule has 2 aromatic rings. The van der Waals surface area contributed by atoms with Gasteiger partial charge in [-0.1, -0.05) is 11.3 Å². The van der Waals surface area contributed by atoms with E-state index in [9.17, 15) is 14.7 Å². The van der Waals surface area contributed by atoms with Crippen molar-refractivity contribution in [3.8, 4) is 0 Å². The third-order valence-electron chi connectivity index (χ3n) is 3.76. The average molecular weight is 292 g/mol. The molecule has 0 bridgehead atoms. The molecule has 1 aliphatic rings. The number of aliphatic hydroxyl groups is 1. The van der Waals surface area contributed by atoms with E-state index in [1.54, 1.807) is 12.1 Å². The summed E-state index contributed by atoms with van der Waals surface area (Å²) in [5.41, 5.74) is 1.50. The number of rotatable bonds is 2. The number of thiazole rings is 1. The topological polar surface area (TPSA) is 82.2 Å². The van der Waals surface area contributed by atoms with Crippen LogP contribution < -0.4 is 10.2 Å². The molecule has 1 heterocycles. The fourth-order valence-electron chi connectivity index (χ4n) is 2.61. The van der Waals surface area contributed by atoms with Gasteiger partial charge in [-0.2, -0.15) is 0 Å². The Morgan fingerprint density at radius 3 is 2.80 bits per heavy atom. The van der Waals surface area contributed by atoms with Crippen LogP contribution >= 0.6 is 11.3 Å². The summed E-state index contributed by atoms with van der Waals surface area (Å²) in [6.07, 6.45) is 2.58. The first-order valence-electron chi connectivity index (χ1n) is 6.73. The van der Waals surface area contributed by atoms with E-state index in [0.29, 0.717) is 18.5 Å². The summed E-state index contributed by atoms with van der Waals surface area (Å²) in [6.45, 7) is 0. The van der Waals surface area contributed by atoms with Gasteiger partial charge in [0.25, 0.3) is 0 Å². The van der Waals surface area contributed by atoms with Crippen LogP contribution in [-0.2, 0) is 4.79 Å². The quantitative estimate of drug-likeness (QED) is 0.792. The number of amides is 1. The standard InChI is InChI=1S/C14H16N2O3S/c17-10-4-1-8(2-5-10)13(18)15-9-3-6-11-12(7-9)20-14(19)16-11/h3,6-8,10,17H,1-2,4-5H2,(H,15,18)(H,16,19). The van der Waals surface area contributed by atoms with E-state index >= 15 is 0 Å². The van der Waals surface area contributed by atoms with E-state index < -0.39 is 0 Å². The van der Waals surface area contributed by atoms with Gasteiger partial charge in [0.1, 0.15) is 0 Å². The lowest BCUT2D eigenvalue weighted by Gasteiger charge is -2.24. The number of carbonyl (C=O) groups is 1. The Morgan fingerprint density at radius 2 is 2.05 bits per heavy atom. The number of H-pyrrole nitrogens is 1. The van der Waals surface area contributed by atoms with Crippen LogP contribution in [0.3, 0.4) is 0 Å². The number of carbonyl (C=O) groups excluding carboxylic acids is 1. The van der Waals surface area contributed by atoms with E-state index in [0.717, 1.165) is 34.4 Å². The van der Waals surface area contributed by atoms with Crippen molar-refractivity contribution in [2.24, 2.45) is 5.92 Å². The maximum absolute atomic E-state index is 12.2. The first-order chi connectivity index (χ1) is 9.61. The molecule has 1 fully saturated rings. The predicted molar refractivity (Wildman–Crippen MR) is 79.0 cm³/mol. The van der Waals surface area contributed by atoms with Crippen molar-refractivity contribution in [2.45, 2.75) is 31.8 Å². The molecular formula is C14H16N2O3S. The molecule has 106 valence electrons. The summed E-state index contributed by atoms with van der Waals surface area (Å²) in [6, 6.07) is 5.40. The molecule has 1 aromatic carbocycles. The van der Waals surface area contributed by atoms with Crippen LogP contribution in [0.15, 0.2) is 23.0 Å². The number of hydrogen-bond donors (Lipinski definition) is 3. The van der Waals surface area contributed by atoms with Gasteiger partial charge in [-0.05, 0) is 43.9 Å². The molecule has 0 spiro atoms. The largest absolute Gasteiger partial charge is 0.393 e. The Labute approximate surface area is 119 Å². The van der Waals surface area contributed by atoms with Crippen LogP contribution in [0.25, 0.3) is 10.2 Å². The highest BCUT2D eigenvalue weighted by molar-refractivity contribution is 7.16. The fraction of sp³-hybridized carbons (Fsp3) is 0.429. The van der Waals surface area contributed by atoms with Crippen LogP contribution in [0.1, 0.15) is 25.7 Å². The molecular weight excluding hydrogens is 276 g/mol. The van der Waals surface area contributed by atoms with Crippen LogP contribution in [0, 0.1) is 5.92 Å². The van der Waals surface area contributed by atoms with Crippen molar-refractivity contribution in [1.29, 1.82) is 0 Å². The number of aliphatic hydroxyl groups excluding tert-OH is 1. The zero-order chi connectivity index (χ0) is 14.1. The van der Waals surface area contributed by atoms with Crippen molar-refractivity contribution in [1.82, 2.24) is 4.98 Å². The number of fused-ring (bicyclic) bond motifs is 1. The summed E-state index contributed by atoms with van der Waals surface area (Å²) >= 11 is 1.13. The SMILES string of the molecule is O=C(Nc1ccc2[nH]c(=O)sc2c1)C1CCC(O)CC1. The lowest BCUT2D eigenvalue weighted by atomic mass is 9.87. The molecule has 1 saturated carbocycles. The van der Waals surface area contributed by atoms with Crippen LogP contribution in [-0.4, -0.2) is 22.1 Å². The molecule has 1 amide bonds. The number of benzene rings is 1. The highest BCUT2D eigenvalue weighted by Gasteiger charge is 2.25. The van der Waals surface area contributed by atoms with Gasteiger partial charge in [0.2, 0.25) is 5.91 Å². The second-order valence-corrected chi connectivity index (χ2v) is 6.23. The predicted octanol–water partition coefficient (Wildman–Crippen LogP) is 2.08. The molecule has 0 unspecified atom stereocenters. The summed E-state index contributed by atoms with van der Waals surface area (Å²) in [5.74, 6) is -0.0294. The molecule has 1 aliphatic carbocycles. The van der Waals surface area contributed by atoms with Crippen LogP contribution in [0.2, 0.25) is 0 Å². The van der Waals surface area contributed by atoms with Gasteiger partial charge < -0.3 is 15.4 Å². The monoisotopic (exact) mass is 292 g/mol. The Kier molecular flexibility index (Phi) is 3.58. The first kappa shape index (κ1) is 13.3. The fourth-order valence-corrected chi connectivity index (χ4v) is 3.38. The number of hydrogen-bond acceptors (Lipinski definition) is 4. The third-order valence-corrected chi connectivity index (χ3v) is 4.60. The second kappa shape index (κ2) is 5.38. The average Bonchev–Trinajstić information content (AvgIpc) is 2.78. The summed E-state index contributed by atoms with van der Waals surface area (Å²) < 4.78 is 0.840.